The van der Waals surface area contributed by atoms with Crippen LogP contribution < -0.4 is 9.54 Å². The van der Waals surface area contributed by atoms with E-state index in [1.54, 1.807) is 6.07 Å². The molecule has 1 amide bonds. The summed E-state index contributed by atoms with van der Waals surface area (Å²) in [5.41, 5.74) is 1.10. The third-order valence-corrected chi connectivity index (χ3v) is 4.94. The molecule has 0 spiro atoms. The molecule has 0 unspecified atom stereocenters. The molecule has 142 valence electrons. The molecular weight excluding hydrogens is 367 g/mol. The molecule has 5 nitrogen and oxygen atoms in total. The van der Waals surface area contributed by atoms with Gasteiger partial charge in [-0.15, -0.1) is 0 Å². The van der Waals surface area contributed by atoms with Crippen LogP contribution in [0.1, 0.15) is 24.2 Å². The third-order valence-electron chi connectivity index (χ3n) is 3.90. The van der Waals surface area contributed by atoms with Crippen molar-refractivity contribution in [1.29, 1.82) is 0 Å². The minimum Gasteiger partial charge on any atom is -0.492 e. The number of carbonyl (C=O) groups excluding carboxylic acids is 1. The van der Waals surface area contributed by atoms with Crippen molar-refractivity contribution in [3.8, 4) is 5.75 Å². The Balaban J connectivity index is 2.11. The number of ether oxygens (including phenoxy) is 2. The SMILES string of the molecule is CCOCCn1c(=NC(=O)c2cccc(F)c2)sc2cccc(OCC)c21. The van der Waals surface area contributed by atoms with Crippen LogP contribution in [0.3, 0.4) is 0 Å². The molecule has 0 saturated heterocycles. The number of aromatic nitrogens is 1. The molecule has 27 heavy (non-hydrogen) atoms. The zero-order valence-electron chi connectivity index (χ0n) is 15.3. The molecule has 3 rings (SSSR count). The topological polar surface area (TPSA) is 52.8 Å². The van der Waals surface area contributed by atoms with Gasteiger partial charge in [-0.1, -0.05) is 23.5 Å². The van der Waals surface area contributed by atoms with Crippen molar-refractivity contribution < 1.29 is 18.7 Å². The van der Waals surface area contributed by atoms with E-state index in [0.717, 1.165) is 16.0 Å². The van der Waals surface area contributed by atoms with E-state index in [1.807, 2.05) is 36.6 Å². The number of fused-ring (bicyclic) bond motifs is 1. The van der Waals surface area contributed by atoms with Crippen molar-refractivity contribution in [2.24, 2.45) is 4.99 Å². The fourth-order valence-corrected chi connectivity index (χ4v) is 3.81. The van der Waals surface area contributed by atoms with Gasteiger partial charge in [0.25, 0.3) is 5.91 Å². The standard InChI is InChI=1S/C20H21FN2O3S/c1-3-25-12-11-23-18-16(26-4-2)9-6-10-17(18)27-20(23)22-19(24)14-7-5-8-15(21)13-14/h5-10,13H,3-4,11-12H2,1-2H3. The molecule has 0 radical (unpaired) electrons. The van der Waals surface area contributed by atoms with Crippen LogP contribution in [-0.2, 0) is 11.3 Å². The highest BCUT2D eigenvalue weighted by Crippen LogP contribution is 2.27. The van der Waals surface area contributed by atoms with Crippen LogP contribution in [0.5, 0.6) is 5.75 Å². The maximum Gasteiger partial charge on any atom is 0.279 e. The smallest absolute Gasteiger partial charge is 0.279 e. The fraction of sp³-hybridized carbons (Fsp3) is 0.300. The van der Waals surface area contributed by atoms with Gasteiger partial charge in [0.1, 0.15) is 17.1 Å². The minimum absolute atomic E-state index is 0.217. The predicted octanol–water partition coefficient (Wildman–Crippen LogP) is 4.02. The number of hydrogen-bond acceptors (Lipinski definition) is 4. The average Bonchev–Trinajstić information content (AvgIpc) is 3.00. The van der Waals surface area contributed by atoms with E-state index in [1.165, 1.54) is 29.5 Å². The molecule has 1 heterocycles. The molecule has 0 N–H and O–H groups in total. The van der Waals surface area contributed by atoms with Gasteiger partial charge in [-0.25, -0.2) is 4.39 Å². The summed E-state index contributed by atoms with van der Waals surface area (Å²) < 4.78 is 27.6. The van der Waals surface area contributed by atoms with Crippen LogP contribution in [-0.4, -0.2) is 30.3 Å². The highest BCUT2D eigenvalue weighted by molar-refractivity contribution is 7.16. The molecule has 7 heteroatoms. The van der Waals surface area contributed by atoms with Crippen LogP contribution in [0, 0.1) is 5.82 Å². The van der Waals surface area contributed by atoms with E-state index in [4.69, 9.17) is 9.47 Å². The summed E-state index contributed by atoms with van der Waals surface area (Å²) in [6, 6.07) is 11.3. The summed E-state index contributed by atoms with van der Waals surface area (Å²) in [5, 5.41) is 0. The number of carbonyl (C=O) groups is 1. The number of amides is 1. The van der Waals surface area contributed by atoms with Crippen molar-refractivity contribution in [3.05, 3.63) is 58.6 Å². The van der Waals surface area contributed by atoms with E-state index in [9.17, 15) is 9.18 Å². The number of benzene rings is 2. The number of nitrogens with zero attached hydrogens (tertiary/aromatic N) is 2. The minimum atomic E-state index is -0.482. The van der Waals surface area contributed by atoms with Crippen LogP contribution in [0.25, 0.3) is 10.2 Å². The molecule has 0 aliphatic carbocycles. The van der Waals surface area contributed by atoms with Crippen LogP contribution >= 0.6 is 11.3 Å². The molecule has 2 aromatic carbocycles. The highest BCUT2D eigenvalue weighted by Gasteiger charge is 2.13. The van der Waals surface area contributed by atoms with Gasteiger partial charge >= 0.3 is 0 Å². The Bertz CT molecular complexity index is 1010. The molecule has 0 atom stereocenters. The monoisotopic (exact) mass is 388 g/mol. The summed E-state index contributed by atoms with van der Waals surface area (Å²) >= 11 is 1.40. The first-order valence-electron chi connectivity index (χ1n) is 8.81. The summed E-state index contributed by atoms with van der Waals surface area (Å²) in [7, 11) is 0. The Morgan fingerprint density at radius 3 is 2.74 bits per heavy atom. The van der Waals surface area contributed by atoms with Crippen molar-refractivity contribution >= 4 is 27.5 Å². The van der Waals surface area contributed by atoms with E-state index < -0.39 is 11.7 Å². The van der Waals surface area contributed by atoms with E-state index in [0.29, 0.717) is 31.2 Å². The lowest BCUT2D eigenvalue weighted by Gasteiger charge is -2.09. The molecular formula is C20H21FN2O3S. The summed E-state index contributed by atoms with van der Waals surface area (Å²) in [4.78, 5) is 17.3. The fourth-order valence-electron chi connectivity index (χ4n) is 2.74. The van der Waals surface area contributed by atoms with Crippen LogP contribution in [0.4, 0.5) is 4.39 Å². The zero-order valence-corrected chi connectivity index (χ0v) is 16.1. The Kier molecular flexibility index (Phi) is 6.36. The number of thiazole rings is 1. The molecule has 0 aliphatic rings. The van der Waals surface area contributed by atoms with E-state index in [-0.39, 0.29) is 5.56 Å². The van der Waals surface area contributed by atoms with E-state index in [2.05, 4.69) is 4.99 Å². The molecule has 0 saturated carbocycles. The number of halogens is 1. The van der Waals surface area contributed by atoms with Crippen molar-refractivity contribution in [2.75, 3.05) is 19.8 Å². The van der Waals surface area contributed by atoms with Crippen LogP contribution in [0.2, 0.25) is 0 Å². The van der Waals surface area contributed by atoms with Gasteiger partial charge in [0.2, 0.25) is 0 Å². The molecule has 0 fully saturated rings. The highest BCUT2D eigenvalue weighted by atomic mass is 32.1. The maximum atomic E-state index is 13.4. The first-order valence-corrected chi connectivity index (χ1v) is 9.63. The Morgan fingerprint density at radius 2 is 2.00 bits per heavy atom. The lowest BCUT2D eigenvalue weighted by atomic mass is 10.2. The Labute approximate surface area is 160 Å². The summed E-state index contributed by atoms with van der Waals surface area (Å²) in [6.45, 7) is 6.03. The lowest BCUT2D eigenvalue weighted by Crippen LogP contribution is -2.20. The van der Waals surface area contributed by atoms with Crippen molar-refractivity contribution in [1.82, 2.24) is 4.57 Å². The quantitative estimate of drug-likeness (QED) is 0.575. The second-order valence-corrected chi connectivity index (χ2v) is 6.71. The van der Waals surface area contributed by atoms with Gasteiger partial charge in [-0.3, -0.25) is 4.79 Å². The van der Waals surface area contributed by atoms with Crippen LogP contribution in [0.15, 0.2) is 47.5 Å². The Morgan fingerprint density at radius 1 is 1.19 bits per heavy atom. The van der Waals surface area contributed by atoms with E-state index >= 15 is 0 Å². The summed E-state index contributed by atoms with van der Waals surface area (Å²) in [5.74, 6) is -0.207. The largest absolute Gasteiger partial charge is 0.492 e. The van der Waals surface area contributed by atoms with Crippen molar-refractivity contribution in [2.45, 2.75) is 20.4 Å². The molecule has 0 bridgehead atoms. The predicted molar refractivity (Wildman–Crippen MR) is 104 cm³/mol. The lowest BCUT2D eigenvalue weighted by molar-refractivity contribution is 0.0996. The number of para-hydroxylation sites is 1. The average molecular weight is 388 g/mol. The Hall–Kier alpha value is -2.51. The van der Waals surface area contributed by atoms with Crippen molar-refractivity contribution in [3.63, 3.8) is 0 Å². The maximum absolute atomic E-state index is 13.4. The third kappa shape index (κ3) is 4.43. The first-order chi connectivity index (χ1) is 13.1. The zero-order chi connectivity index (χ0) is 19.2. The second-order valence-electron chi connectivity index (χ2n) is 5.70. The van der Waals surface area contributed by atoms with Gasteiger partial charge in [0.05, 0.1) is 17.9 Å². The normalized spacial score (nSPS) is 11.9. The van der Waals surface area contributed by atoms with Gasteiger partial charge in [0, 0.05) is 18.7 Å². The van der Waals surface area contributed by atoms with Gasteiger partial charge in [0.15, 0.2) is 4.80 Å². The molecule has 3 aromatic rings. The summed E-state index contributed by atoms with van der Waals surface area (Å²) in [6.07, 6.45) is 0. The van der Waals surface area contributed by atoms with Gasteiger partial charge in [-0.05, 0) is 44.2 Å². The molecule has 0 aliphatic heterocycles. The molecule has 1 aromatic heterocycles. The second kappa shape index (κ2) is 8.92. The number of hydrogen-bond donors (Lipinski definition) is 0. The van der Waals surface area contributed by atoms with Gasteiger partial charge in [-0.2, -0.15) is 4.99 Å². The first kappa shape index (κ1) is 19.3. The van der Waals surface area contributed by atoms with Gasteiger partial charge < -0.3 is 14.0 Å². The number of rotatable bonds is 7.